The van der Waals surface area contributed by atoms with Crippen LogP contribution in [0.4, 0.5) is 0 Å². The molecule has 0 atom stereocenters. The molecule has 0 saturated heterocycles. The van der Waals surface area contributed by atoms with Crippen LogP contribution in [-0.2, 0) is 0 Å². The van der Waals surface area contributed by atoms with E-state index in [4.69, 9.17) is 0 Å². The van der Waals surface area contributed by atoms with Gasteiger partial charge in [0.25, 0.3) is 0 Å². The van der Waals surface area contributed by atoms with Crippen LogP contribution in [0.25, 0.3) is 10.2 Å². The lowest BCUT2D eigenvalue weighted by Crippen LogP contribution is -2.34. The summed E-state index contributed by atoms with van der Waals surface area (Å²) in [5.41, 5.74) is 4.50. The summed E-state index contributed by atoms with van der Waals surface area (Å²) in [4.78, 5) is 4.24. The SMILES string of the molecule is CCCN(S)C(C)(C)C.Cc1cccc2scnc12. The van der Waals surface area contributed by atoms with Crippen LogP contribution >= 0.6 is 24.2 Å². The fraction of sp³-hybridized carbons (Fsp3) is 0.533. The second kappa shape index (κ2) is 7.27. The highest BCUT2D eigenvalue weighted by Crippen LogP contribution is 2.19. The number of aryl methyl sites for hydroxylation is 1. The minimum absolute atomic E-state index is 0.207. The van der Waals surface area contributed by atoms with Gasteiger partial charge in [-0.05, 0) is 45.7 Å². The predicted octanol–water partition coefficient (Wildman–Crippen LogP) is 4.95. The van der Waals surface area contributed by atoms with E-state index in [1.807, 2.05) is 5.51 Å². The third kappa shape index (κ3) is 5.13. The molecule has 0 aliphatic heterocycles. The fourth-order valence-electron chi connectivity index (χ4n) is 1.58. The van der Waals surface area contributed by atoms with Crippen molar-refractivity contribution in [2.24, 2.45) is 0 Å². The summed E-state index contributed by atoms with van der Waals surface area (Å²) >= 11 is 6.01. The molecule has 1 aromatic carbocycles. The van der Waals surface area contributed by atoms with Gasteiger partial charge in [-0.2, -0.15) is 0 Å². The Balaban J connectivity index is 0.000000192. The van der Waals surface area contributed by atoms with Crippen molar-refractivity contribution in [3.8, 4) is 0 Å². The van der Waals surface area contributed by atoms with Crippen molar-refractivity contribution in [2.45, 2.75) is 46.6 Å². The van der Waals surface area contributed by atoms with E-state index >= 15 is 0 Å². The number of fused-ring (bicyclic) bond motifs is 1. The average molecular weight is 297 g/mol. The lowest BCUT2D eigenvalue weighted by molar-refractivity contribution is 0.278. The first-order valence-electron chi connectivity index (χ1n) is 6.61. The summed E-state index contributed by atoms with van der Waals surface area (Å²) in [5.74, 6) is 0. The Morgan fingerprint density at radius 2 is 2.00 bits per heavy atom. The summed E-state index contributed by atoms with van der Waals surface area (Å²) in [6, 6.07) is 6.25. The highest BCUT2D eigenvalue weighted by atomic mass is 32.1. The van der Waals surface area contributed by atoms with Gasteiger partial charge in [0, 0.05) is 12.1 Å². The van der Waals surface area contributed by atoms with Crippen molar-refractivity contribution in [1.82, 2.24) is 9.29 Å². The standard InChI is InChI=1S/C8H7NS.C7H17NS/c1-6-3-2-4-7-8(6)9-5-10-7;1-5-6-8(9)7(2,3)4/h2-5H,1H3;9H,5-6H2,1-4H3. The Labute approximate surface area is 126 Å². The molecule has 106 valence electrons. The third-order valence-electron chi connectivity index (χ3n) is 2.77. The monoisotopic (exact) mass is 296 g/mol. The average Bonchev–Trinajstić information content (AvgIpc) is 2.78. The second-order valence-corrected chi connectivity index (χ2v) is 6.94. The van der Waals surface area contributed by atoms with E-state index in [0.717, 1.165) is 12.1 Å². The molecule has 2 aromatic rings. The Morgan fingerprint density at radius 1 is 1.32 bits per heavy atom. The van der Waals surface area contributed by atoms with E-state index in [1.54, 1.807) is 11.3 Å². The van der Waals surface area contributed by atoms with E-state index in [1.165, 1.54) is 16.7 Å². The number of aromatic nitrogens is 1. The maximum Gasteiger partial charge on any atom is 0.0841 e. The lowest BCUT2D eigenvalue weighted by atomic mass is 10.1. The van der Waals surface area contributed by atoms with Gasteiger partial charge < -0.3 is 0 Å². The van der Waals surface area contributed by atoms with Gasteiger partial charge >= 0.3 is 0 Å². The lowest BCUT2D eigenvalue weighted by Gasteiger charge is -2.29. The number of benzene rings is 1. The van der Waals surface area contributed by atoms with E-state index in [-0.39, 0.29) is 5.54 Å². The van der Waals surface area contributed by atoms with Gasteiger partial charge in [0.05, 0.1) is 15.7 Å². The van der Waals surface area contributed by atoms with Crippen molar-refractivity contribution < 1.29 is 0 Å². The van der Waals surface area contributed by atoms with Crippen LogP contribution < -0.4 is 0 Å². The molecule has 0 unspecified atom stereocenters. The molecular formula is C15H24N2S2. The van der Waals surface area contributed by atoms with Crippen LogP contribution in [0.5, 0.6) is 0 Å². The largest absolute Gasteiger partial charge is 0.248 e. The molecule has 0 amide bonds. The van der Waals surface area contributed by atoms with Gasteiger partial charge in [0.2, 0.25) is 0 Å². The minimum Gasteiger partial charge on any atom is -0.248 e. The number of nitrogens with zero attached hydrogens (tertiary/aromatic N) is 2. The first-order valence-corrected chi connectivity index (χ1v) is 7.89. The maximum absolute atomic E-state index is 4.32. The van der Waals surface area contributed by atoms with Gasteiger partial charge in [-0.25, -0.2) is 9.29 Å². The van der Waals surface area contributed by atoms with Gasteiger partial charge in [-0.1, -0.05) is 31.9 Å². The van der Waals surface area contributed by atoms with Crippen LogP contribution in [0.1, 0.15) is 39.7 Å². The number of rotatable bonds is 2. The smallest absolute Gasteiger partial charge is 0.0841 e. The first kappa shape index (κ1) is 16.5. The Morgan fingerprint density at radius 3 is 2.47 bits per heavy atom. The predicted molar refractivity (Wildman–Crippen MR) is 90.1 cm³/mol. The van der Waals surface area contributed by atoms with Crippen LogP contribution in [0, 0.1) is 6.92 Å². The van der Waals surface area contributed by atoms with Crippen molar-refractivity contribution in [3.05, 3.63) is 29.3 Å². The summed E-state index contributed by atoms with van der Waals surface area (Å²) in [7, 11) is 0. The quantitative estimate of drug-likeness (QED) is 0.790. The van der Waals surface area contributed by atoms with Gasteiger partial charge in [-0.3, -0.25) is 0 Å². The molecule has 0 saturated carbocycles. The van der Waals surface area contributed by atoms with Gasteiger partial charge in [0.15, 0.2) is 0 Å². The Hall–Kier alpha value is -0.580. The zero-order chi connectivity index (χ0) is 14.5. The first-order chi connectivity index (χ1) is 8.86. The normalized spacial score (nSPS) is 11.5. The summed E-state index contributed by atoms with van der Waals surface area (Å²) < 4.78 is 3.34. The van der Waals surface area contributed by atoms with Crippen molar-refractivity contribution >= 4 is 34.4 Å². The molecule has 0 aliphatic rings. The molecule has 4 heteroatoms. The van der Waals surface area contributed by atoms with E-state index in [2.05, 4.69) is 74.9 Å². The minimum atomic E-state index is 0.207. The second-order valence-electron chi connectivity index (χ2n) is 5.57. The molecule has 0 bridgehead atoms. The zero-order valence-electron chi connectivity index (χ0n) is 12.5. The number of hydrogen-bond acceptors (Lipinski definition) is 4. The van der Waals surface area contributed by atoms with E-state index < -0.39 is 0 Å². The summed E-state index contributed by atoms with van der Waals surface area (Å²) in [6.45, 7) is 11.8. The maximum atomic E-state index is 4.32. The van der Waals surface area contributed by atoms with Crippen molar-refractivity contribution in [3.63, 3.8) is 0 Å². The molecule has 2 rings (SSSR count). The van der Waals surface area contributed by atoms with Crippen LogP contribution in [0.15, 0.2) is 23.7 Å². The Bertz CT molecular complexity index is 500. The summed E-state index contributed by atoms with van der Waals surface area (Å²) in [6.07, 6.45) is 1.17. The van der Waals surface area contributed by atoms with E-state index in [0.29, 0.717) is 0 Å². The number of hydrogen-bond donors (Lipinski definition) is 1. The van der Waals surface area contributed by atoms with Crippen LogP contribution in [0.3, 0.4) is 0 Å². The van der Waals surface area contributed by atoms with E-state index in [9.17, 15) is 0 Å². The zero-order valence-corrected chi connectivity index (χ0v) is 14.2. The highest BCUT2D eigenvalue weighted by Gasteiger charge is 2.15. The van der Waals surface area contributed by atoms with Gasteiger partial charge in [0.1, 0.15) is 0 Å². The third-order valence-corrected chi connectivity index (χ3v) is 4.37. The number of thiol groups is 1. The topological polar surface area (TPSA) is 16.1 Å². The number of para-hydroxylation sites is 1. The van der Waals surface area contributed by atoms with Crippen LogP contribution in [0.2, 0.25) is 0 Å². The molecule has 0 fully saturated rings. The molecule has 1 heterocycles. The molecular weight excluding hydrogens is 272 g/mol. The van der Waals surface area contributed by atoms with Crippen LogP contribution in [-0.4, -0.2) is 21.4 Å². The fourth-order valence-corrected chi connectivity index (χ4v) is 2.53. The van der Waals surface area contributed by atoms with Gasteiger partial charge in [-0.15, -0.1) is 11.3 Å². The molecule has 0 radical (unpaired) electrons. The molecule has 0 N–H and O–H groups in total. The molecule has 0 aliphatic carbocycles. The molecule has 1 aromatic heterocycles. The molecule has 2 nitrogen and oxygen atoms in total. The highest BCUT2D eigenvalue weighted by molar-refractivity contribution is 7.77. The Kier molecular flexibility index (Phi) is 6.30. The van der Waals surface area contributed by atoms with Crippen molar-refractivity contribution in [1.29, 1.82) is 0 Å². The molecule has 19 heavy (non-hydrogen) atoms. The summed E-state index contributed by atoms with van der Waals surface area (Å²) in [5, 5.41) is 0. The van der Waals surface area contributed by atoms with Crippen molar-refractivity contribution in [2.75, 3.05) is 6.54 Å². The molecule has 0 spiro atoms. The number of thiazole rings is 1.